The van der Waals surface area contributed by atoms with Crippen LogP contribution in [0.4, 0.5) is 0 Å². The van der Waals surface area contributed by atoms with E-state index in [4.69, 9.17) is 16.7 Å². The Morgan fingerprint density at radius 1 is 1.24 bits per heavy atom. The van der Waals surface area contributed by atoms with Gasteiger partial charge in [0.25, 0.3) is 0 Å². The van der Waals surface area contributed by atoms with Gasteiger partial charge in [-0.3, -0.25) is 0 Å². The van der Waals surface area contributed by atoms with Gasteiger partial charge in [0.15, 0.2) is 0 Å². The van der Waals surface area contributed by atoms with Crippen LogP contribution in [0.25, 0.3) is 0 Å². The van der Waals surface area contributed by atoms with Crippen LogP contribution in [0.15, 0.2) is 12.1 Å². The molecule has 1 rings (SSSR count). The number of aryl methyl sites for hydroxylation is 3. The number of alkyl halides is 1. The lowest BCUT2D eigenvalue weighted by atomic mass is 9.97. The van der Waals surface area contributed by atoms with E-state index in [1.807, 2.05) is 7.05 Å². The number of hydrogen-bond donors (Lipinski definition) is 1. The highest BCUT2D eigenvalue weighted by molar-refractivity contribution is 6.21. The molecule has 1 aromatic carbocycles. The highest BCUT2D eigenvalue weighted by atomic mass is 35.5. The van der Waals surface area contributed by atoms with Crippen molar-refractivity contribution in [3.05, 3.63) is 34.4 Å². The summed E-state index contributed by atoms with van der Waals surface area (Å²) in [5.41, 5.74) is 5.00. The Morgan fingerprint density at radius 2 is 1.76 bits per heavy atom. The minimum absolute atomic E-state index is 0.0212. The molecule has 0 aliphatic rings. The van der Waals surface area contributed by atoms with Gasteiger partial charge in [-0.1, -0.05) is 17.7 Å². The van der Waals surface area contributed by atoms with Crippen LogP contribution in [0, 0.1) is 20.8 Å². The highest BCUT2D eigenvalue weighted by Crippen LogP contribution is 2.28. The molecule has 0 radical (unpaired) electrons. The Balaban J connectivity index is 2.85. The maximum atomic E-state index is 8.88. The van der Waals surface area contributed by atoms with Crippen LogP contribution in [0.1, 0.15) is 27.6 Å². The lowest BCUT2D eigenvalue weighted by Gasteiger charge is -2.22. The topological polar surface area (TPSA) is 23.5 Å². The van der Waals surface area contributed by atoms with E-state index < -0.39 is 0 Å². The van der Waals surface area contributed by atoms with Gasteiger partial charge in [-0.15, -0.1) is 11.6 Å². The number of hydrogen-bond acceptors (Lipinski definition) is 2. The summed E-state index contributed by atoms with van der Waals surface area (Å²) in [5, 5.41) is 8.86. The van der Waals surface area contributed by atoms with Crippen molar-refractivity contribution in [1.82, 2.24) is 4.90 Å². The molecule has 3 heteroatoms. The van der Waals surface area contributed by atoms with Gasteiger partial charge in [0.2, 0.25) is 0 Å². The molecule has 0 amide bonds. The molecule has 0 spiro atoms. The first-order chi connectivity index (χ1) is 7.95. The maximum Gasteiger partial charge on any atom is 0.0717 e. The molecule has 1 unspecified atom stereocenters. The quantitative estimate of drug-likeness (QED) is 0.818. The van der Waals surface area contributed by atoms with Crippen molar-refractivity contribution in [3.8, 4) is 0 Å². The number of benzene rings is 1. The standard InChI is InChI=1S/C14H22ClNO/c1-10-7-11(2)14(12(3)8-10)13(15)9-16(4)5-6-17/h7-8,13,17H,5-6,9H2,1-4H3. The second-order valence-electron chi connectivity index (χ2n) is 4.77. The van der Waals surface area contributed by atoms with Crippen LogP contribution in [0.2, 0.25) is 0 Å². The van der Waals surface area contributed by atoms with Gasteiger partial charge in [0, 0.05) is 13.1 Å². The molecule has 0 aromatic heterocycles. The van der Waals surface area contributed by atoms with E-state index in [9.17, 15) is 0 Å². The van der Waals surface area contributed by atoms with Crippen molar-refractivity contribution in [2.24, 2.45) is 0 Å². The summed E-state index contributed by atoms with van der Waals surface area (Å²) < 4.78 is 0. The van der Waals surface area contributed by atoms with Crippen molar-refractivity contribution in [3.63, 3.8) is 0 Å². The second kappa shape index (κ2) is 6.39. The van der Waals surface area contributed by atoms with E-state index in [1.54, 1.807) is 0 Å². The van der Waals surface area contributed by atoms with Crippen molar-refractivity contribution >= 4 is 11.6 Å². The number of aliphatic hydroxyl groups is 1. The fourth-order valence-corrected chi connectivity index (χ4v) is 2.89. The normalized spacial score (nSPS) is 13.1. The lowest BCUT2D eigenvalue weighted by Crippen LogP contribution is -2.26. The molecule has 0 aliphatic heterocycles. The molecule has 0 heterocycles. The molecule has 0 fully saturated rings. The van der Waals surface area contributed by atoms with Crippen LogP contribution in [0.3, 0.4) is 0 Å². The average Bonchev–Trinajstić information content (AvgIpc) is 2.15. The molecule has 1 N–H and O–H groups in total. The first-order valence-electron chi connectivity index (χ1n) is 5.97. The molecule has 0 saturated heterocycles. The van der Waals surface area contributed by atoms with E-state index in [1.165, 1.54) is 22.3 Å². The Kier molecular flexibility index (Phi) is 5.44. The molecule has 17 heavy (non-hydrogen) atoms. The lowest BCUT2D eigenvalue weighted by molar-refractivity contribution is 0.221. The summed E-state index contributed by atoms with van der Waals surface area (Å²) >= 11 is 6.48. The molecule has 2 nitrogen and oxygen atoms in total. The Hall–Kier alpha value is -0.570. The molecule has 1 aromatic rings. The van der Waals surface area contributed by atoms with Crippen LogP contribution < -0.4 is 0 Å². The minimum atomic E-state index is -0.0212. The van der Waals surface area contributed by atoms with Gasteiger partial charge in [-0.25, -0.2) is 0 Å². The number of nitrogens with zero attached hydrogens (tertiary/aromatic N) is 1. The van der Waals surface area contributed by atoms with Crippen molar-refractivity contribution < 1.29 is 5.11 Å². The highest BCUT2D eigenvalue weighted by Gasteiger charge is 2.15. The zero-order valence-electron chi connectivity index (χ0n) is 11.1. The summed E-state index contributed by atoms with van der Waals surface area (Å²) in [4.78, 5) is 2.05. The minimum Gasteiger partial charge on any atom is -0.395 e. The Bertz CT molecular complexity index is 355. The first-order valence-corrected chi connectivity index (χ1v) is 6.40. The van der Waals surface area contributed by atoms with Gasteiger partial charge in [-0.05, 0) is 44.5 Å². The van der Waals surface area contributed by atoms with Gasteiger partial charge in [-0.2, -0.15) is 0 Å². The van der Waals surface area contributed by atoms with Crippen molar-refractivity contribution in [2.45, 2.75) is 26.1 Å². The zero-order valence-corrected chi connectivity index (χ0v) is 11.9. The number of rotatable bonds is 5. The third kappa shape index (κ3) is 3.98. The number of likely N-dealkylation sites (N-methyl/N-ethyl adjacent to an activating group) is 1. The first kappa shape index (κ1) is 14.5. The molecular weight excluding hydrogens is 234 g/mol. The molecule has 96 valence electrons. The van der Waals surface area contributed by atoms with Gasteiger partial charge in [0.05, 0.1) is 12.0 Å². The third-order valence-electron chi connectivity index (χ3n) is 3.00. The number of aliphatic hydroxyl groups excluding tert-OH is 1. The fraction of sp³-hybridized carbons (Fsp3) is 0.571. The Labute approximate surface area is 109 Å². The summed E-state index contributed by atoms with van der Waals surface area (Å²) in [6, 6.07) is 4.34. The monoisotopic (exact) mass is 255 g/mol. The second-order valence-corrected chi connectivity index (χ2v) is 5.29. The summed E-state index contributed by atoms with van der Waals surface area (Å²) in [7, 11) is 1.98. The van der Waals surface area contributed by atoms with Gasteiger partial charge in [0.1, 0.15) is 0 Å². The fourth-order valence-electron chi connectivity index (χ4n) is 2.31. The summed E-state index contributed by atoms with van der Waals surface area (Å²) in [6.45, 7) is 7.91. The van der Waals surface area contributed by atoms with E-state index in [2.05, 4.69) is 37.8 Å². The Morgan fingerprint density at radius 3 is 2.24 bits per heavy atom. The maximum absolute atomic E-state index is 8.88. The molecule has 0 bridgehead atoms. The van der Waals surface area contributed by atoms with Gasteiger partial charge < -0.3 is 10.0 Å². The average molecular weight is 256 g/mol. The predicted molar refractivity (Wildman–Crippen MR) is 73.8 cm³/mol. The number of halogens is 1. The molecule has 0 aliphatic carbocycles. The van der Waals surface area contributed by atoms with Crippen LogP contribution in [-0.2, 0) is 0 Å². The van der Waals surface area contributed by atoms with E-state index in [0.29, 0.717) is 6.54 Å². The van der Waals surface area contributed by atoms with Crippen LogP contribution in [0.5, 0.6) is 0 Å². The van der Waals surface area contributed by atoms with Crippen LogP contribution >= 0.6 is 11.6 Å². The van der Waals surface area contributed by atoms with E-state index in [-0.39, 0.29) is 12.0 Å². The van der Waals surface area contributed by atoms with E-state index in [0.717, 1.165) is 6.54 Å². The SMILES string of the molecule is Cc1cc(C)c(C(Cl)CN(C)CCO)c(C)c1. The van der Waals surface area contributed by atoms with E-state index >= 15 is 0 Å². The van der Waals surface area contributed by atoms with Crippen molar-refractivity contribution in [1.29, 1.82) is 0 Å². The molecule has 1 atom stereocenters. The summed E-state index contributed by atoms with van der Waals surface area (Å²) in [5.74, 6) is 0. The van der Waals surface area contributed by atoms with Crippen LogP contribution in [-0.4, -0.2) is 36.8 Å². The third-order valence-corrected chi connectivity index (χ3v) is 3.36. The zero-order chi connectivity index (χ0) is 13.0. The predicted octanol–water partition coefficient (Wildman–Crippen LogP) is 2.82. The smallest absolute Gasteiger partial charge is 0.0717 e. The summed E-state index contributed by atoms with van der Waals surface area (Å²) in [6.07, 6.45) is 0. The largest absolute Gasteiger partial charge is 0.395 e. The molecule has 0 saturated carbocycles. The van der Waals surface area contributed by atoms with Gasteiger partial charge >= 0.3 is 0 Å². The molecular formula is C14H22ClNO. The van der Waals surface area contributed by atoms with Crippen molar-refractivity contribution in [2.75, 3.05) is 26.7 Å².